The Morgan fingerprint density at radius 2 is 1.90 bits per heavy atom. The van der Waals surface area contributed by atoms with Gasteiger partial charge >= 0.3 is 0 Å². The predicted molar refractivity (Wildman–Crippen MR) is 74.4 cm³/mol. The van der Waals surface area contributed by atoms with Crippen LogP contribution in [0.15, 0.2) is 18.2 Å². The van der Waals surface area contributed by atoms with Crippen LogP contribution in [0, 0.1) is 25.5 Å². The highest BCUT2D eigenvalue weighted by molar-refractivity contribution is 5.29. The molecule has 108 valence electrons. The summed E-state index contributed by atoms with van der Waals surface area (Å²) in [6.07, 6.45) is 0.469. The summed E-state index contributed by atoms with van der Waals surface area (Å²) in [5.41, 5.74) is 8.68. The number of aromatic nitrogens is 2. The molecule has 0 aliphatic carbocycles. The Kier molecular flexibility index (Phi) is 4.18. The number of nitrogens with zero attached hydrogens (tertiary/aromatic N) is 2. The van der Waals surface area contributed by atoms with Gasteiger partial charge in [0.2, 0.25) is 0 Å². The fourth-order valence-corrected chi connectivity index (χ4v) is 2.34. The van der Waals surface area contributed by atoms with Gasteiger partial charge in [0.05, 0.1) is 5.69 Å². The van der Waals surface area contributed by atoms with Crippen LogP contribution in [-0.4, -0.2) is 9.78 Å². The molecule has 1 aromatic carbocycles. The molecule has 5 heteroatoms. The molecule has 0 amide bonds. The average Bonchev–Trinajstić information content (AvgIpc) is 2.73. The number of halogens is 2. The molecule has 0 fully saturated rings. The molecule has 0 saturated carbocycles. The second-order valence-corrected chi connectivity index (χ2v) is 5.03. The molecule has 2 aromatic rings. The number of hydrogen-bond acceptors (Lipinski definition) is 2. The fraction of sp³-hybridized carbons (Fsp3) is 0.400. The van der Waals surface area contributed by atoms with Crippen molar-refractivity contribution in [3.63, 3.8) is 0 Å². The lowest BCUT2D eigenvalue weighted by Crippen LogP contribution is -2.18. The van der Waals surface area contributed by atoms with E-state index >= 15 is 0 Å². The molecule has 2 rings (SSSR count). The standard InChI is InChI=1S/C15H19F2N3/c1-4-20-11(6-10(3)19-20)7-15(18)12-5-9(2)13(16)8-14(12)17/h5-6,8,15H,4,7,18H2,1-3H3. The molecule has 0 bridgehead atoms. The molecule has 0 spiro atoms. The van der Waals surface area contributed by atoms with Crippen molar-refractivity contribution in [1.29, 1.82) is 0 Å². The highest BCUT2D eigenvalue weighted by atomic mass is 19.1. The van der Waals surface area contributed by atoms with Crippen molar-refractivity contribution in [3.05, 3.63) is 52.3 Å². The van der Waals surface area contributed by atoms with Crippen molar-refractivity contribution in [1.82, 2.24) is 9.78 Å². The van der Waals surface area contributed by atoms with Crippen molar-refractivity contribution in [2.75, 3.05) is 0 Å². The van der Waals surface area contributed by atoms with Gasteiger partial charge in [-0.15, -0.1) is 0 Å². The zero-order valence-corrected chi connectivity index (χ0v) is 12.0. The first-order chi connectivity index (χ1) is 9.42. The maximum absolute atomic E-state index is 13.8. The summed E-state index contributed by atoms with van der Waals surface area (Å²) in [4.78, 5) is 0. The van der Waals surface area contributed by atoms with Crippen LogP contribution >= 0.6 is 0 Å². The first-order valence-electron chi connectivity index (χ1n) is 6.66. The topological polar surface area (TPSA) is 43.8 Å². The molecule has 1 aromatic heterocycles. The van der Waals surface area contributed by atoms with Gasteiger partial charge in [-0.25, -0.2) is 8.78 Å². The zero-order valence-electron chi connectivity index (χ0n) is 12.0. The number of rotatable bonds is 4. The summed E-state index contributed by atoms with van der Waals surface area (Å²) in [5, 5.41) is 4.34. The molecule has 0 radical (unpaired) electrons. The van der Waals surface area contributed by atoms with Crippen molar-refractivity contribution >= 4 is 0 Å². The number of benzene rings is 1. The maximum Gasteiger partial charge on any atom is 0.130 e. The van der Waals surface area contributed by atoms with E-state index in [2.05, 4.69) is 5.10 Å². The summed E-state index contributed by atoms with van der Waals surface area (Å²) in [5.74, 6) is -1.15. The zero-order chi connectivity index (χ0) is 14.9. The van der Waals surface area contributed by atoms with Crippen LogP contribution in [-0.2, 0) is 13.0 Å². The van der Waals surface area contributed by atoms with Crippen molar-refractivity contribution in [2.24, 2.45) is 5.73 Å². The van der Waals surface area contributed by atoms with E-state index in [1.54, 1.807) is 6.92 Å². The van der Waals surface area contributed by atoms with Crippen LogP contribution in [0.25, 0.3) is 0 Å². The van der Waals surface area contributed by atoms with Crippen LogP contribution < -0.4 is 5.73 Å². The normalized spacial score (nSPS) is 12.7. The number of nitrogens with two attached hydrogens (primary N) is 1. The van der Waals surface area contributed by atoms with Crippen molar-refractivity contribution in [2.45, 2.75) is 39.8 Å². The third-order valence-corrected chi connectivity index (χ3v) is 3.39. The summed E-state index contributed by atoms with van der Waals surface area (Å²) in [7, 11) is 0. The minimum atomic E-state index is -0.597. The summed E-state index contributed by atoms with van der Waals surface area (Å²) in [6.45, 7) is 6.24. The summed E-state index contributed by atoms with van der Waals surface area (Å²) >= 11 is 0. The minimum Gasteiger partial charge on any atom is -0.324 e. The van der Waals surface area contributed by atoms with E-state index in [-0.39, 0.29) is 0 Å². The Bertz CT molecular complexity index is 620. The van der Waals surface area contributed by atoms with Gasteiger partial charge in [0.15, 0.2) is 0 Å². The Labute approximate surface area is 117 Å². The van der Waals surface area contributed by atoms with E-state index in [4.69, 9.17) is 5.73 Å². The molecule has 20 heavy (non-hydrogen) atoms. The lowest BCUT2D eigenvalue weighted by molar-refractivity contribution is 0.538. The second-order valence-electron chi connectivity index (χ2n) is 5.03. The molecule has 3 nitrogen and oxygen atoms in total. The lowest BCUT2D eigenvalue weighted by Gasteiger charge is -2.15. The molecule has 0 saturated heterocycles. The van der Waals surface area contributed by atoms with Crippen molar-refractivity contribution < 1.29 is 8.78 Å². The number of aryl methyl sites for hydroxylation is 3. The van der Waals surface area contributed by atoms with E-state index in [1.807, 2.05) is 24.6 Å². The Morgan fingerprint density at radius 3 is 2.55 bits per heavy atom. The third-order valence-electron chi connectivity index (χ3n) is 3.39. The monoisotopic (exact) mass is 279 g/mol. The molecule has 1 atom stereocenters. The van der Waals surface area contributed by atoms with Gasteiger partial charge in [0.1, 0.15) is 11.6 Å². The predicted octanol–water partition coefficient (Wildman–Crippen LogP) is 3.04. The van der Waals surface area contributed by atoms with Crippen LogP contribution in [0.3, 0.4) is 0 Å². The lowest BCUT2D eigenvalue weighted by atomic mass is 10.00. The van der Waals surface area contributed by atoms with E-state index < -0.39 is 17.7 Å². The third kappa shape index (κ3) is 2.88. The maximum atomic E-state index is 13.8. The molecular weight excluding hydrogens is 260 g/mol. The Balaban J connectivity index is 2.28. The van der Waals surface area contributed by atoms with E-state index in [0.717, 1.165) is 24.0 Å². The van der Waals surface area contributed by atoms with Crippen LogP contribution in [0.5, 0.6) is 0 Å². The molecule has 1 heterocycles. The van der Waals surface area contributed by atoms with Gasteiger partial charge in [-0.05, 0) is 38.5 Å². The highest BCUT2D eigenvalue weighted by Gasteiger charge is 2.17. The van der Waals surface area contributed by atoms with Crippen LogP contribution in [0.1, 0.15) is 35.5 Å². The van der Waals surface area contributed by atoms with Gasteiger partial charge in [0.25, 0.3) is 0 Å². The van der Waals surface area contributed by atoms with Gasteiger partial charge in [-0.2, -0.15) is 5.10 Å². The Hall–Kier alpha value is -1.75. The Morgan fingerprint density at radius 1 is 1.20 bits per heavy atom. The molecular formula is C15H19F2N3. The van der Waals surface area contributed by atoms with E-state index in [0.29, 0.717) is 17.5 Å². The fourth-order valence-electron chi connectivity index (χ4n) is 2.34. The SMILES string of the molecule is CCn1nc(C)cc1CC(N)c1cc(C)c(F)cc1F. The van der Waals surface area contributed by atoms with Gasteiger partial charge < -0.3 is 5.73 Å². The van der Waals surface area contributed by atoms with Gasteiger partial charge in [-0.1, -0.05) is 0 Å². The van der Waals surface area contributed by atoms with Gasteiger partial charge in [0, 0.05) is 36.3 Å². The molecule has 1 unspecified atom stereocenters. The molecule has 2 N–H and O–H groups in total. The highest BCUT2D eigenvalue weighted by Crippen LogP contribution is 2.22. The smallest absolute Gasteiger partial charge is 0.130 e. The number of hydrogen-bond donors (Lipinski definition) is 1. The van der Waals surface area contributed by atoms with E-state index in [1.165, 1.54) is 6.07 Å². The summed E-state index contributed by atoms with van der Waals surface area (Å²) in [6, 6.07) is 3.80. The molecule has 0 aliphatic heterocycles. The van der Waals surface area contributed by atoms with Crippen LogP contribution in [0.2, 0.25) is 0 Å². The van der Waals surface area contributed by atoms with Gasteiger partial charge in [-0.3, -0.25) is 4.68 Å². The van der Waals surface area contributed by atoms with E-state index in [9.17, 15) is 8.78 Å². The van der Waals surface area contributed by atoms with Crippen LogP contribution in [0.4, 0.5) is 8.78 Å². The molecule has 0 aliphatic rings. The first kappa shape index (κ1) is 14.7. The minimum absolute atomic E-state index is 0.338. The van der Waals surface area contributed by atoms with Crippen molar-refractivity contribution in [3.8, 4) is 0 Å². The average molecular weight is 279 g/mol. The quantitative estimate of drug-likeness (QED) is 0.935. The first-order valence-corrected chi connectivity index (χ1v) is 6.66. The summed E-state index contributed by atoms with van der Waals surface area (Å²) < 4.78 is 29.0. The second kappa shape index (κ2) is 5.71. The largest absolute Gasteiger partial charge is 0.324 e.